The molecular weight excluding hydrogens is 425 g/mol. The number of nitro benzene ring substituents is 1. The minimum Gasteiger partial charge on any atom is -0.456 e. The zero-order valence-corrected chi connectivity index (χ0v) is 16.3. The Balaban J connectivity index is 1.74. The van der Waals surface area contributed by atoms with Crippen LogP contribution in [0.4, 0.5) is 17.1 Å². The molecule has 11 heteroatoms. The third-order valence-corrected chi connectivity index (χ3v) is 4.31. The predicted octanol–water partition coefficient (Wildman–Crippen LogP) is 3.80. The largest absolute Gasteiger partial charge is 0.456 e. The van der Waals surface area contributed by atoms with Gasteiger partial charge in [-0.3, -0.25) is 24.5 Å². The molecule has 0 fully saturated rings. The van der Waals surface area contributed by atoms with Crippen molar-refractivity contribution < 1.29 is 24.0 Å². The van der Waals surface area contributed by atoms with E-state index in [9.17, 15) is 24.5 Å². The lowest BCUT2D eigenvalue weighted by atomic mass is 10.2. The van der Waals surface area contributed by atoms with Crippen LogP contribution in [0, 0.1) is 10.1 Å². The number of esters is 1. The number of rotatable bonds is 8. The summed E-state index contributed by atoms with van der Waals surface area (Å²) in [6.07, 6.45) is -0.442. The lowest BCUT2D eigenvalue weighted by Gasteiger charge is -2.08. The molecule has 0 bridgehead atoms. The van der Waals surface area contributed by atoms with Crippen LogP contribution in [0.3, 0.4) is 0 Å². The standard InChI is InChI=1S/C18H15Cl2N3O6/c19-13-5-2-6-14(18(13)20)22-15(24)7-8-17(26)29-10-16(25)21-11-3-1-4-12(9-11)23(27)28/h1-6,9H,7-8,10H2,(H,21,25)(H,22,24). The van der Waals surface area contributed by atoms with E-state index in [1.807, 2.05) is 0 Å². The van der Waals surface area contributed by atoms with E-state index < -0.39 is 29.3 Å². The molecule has 2 aromatic rings. The SMILES string of the molecule is O=C(COC(=O)CCC(=O)Nc1cccc(Cl)c1Cl)Nc1cccc([N+](=O)[O-])c1. The Morgan fingerprint density at radius 3 is 2.45 bits per heavy atom. The quantitative estimate of drug-likeness (QED) is 0.365. The molecule has 0 saturated heterocycles. The fourth-order valence-electron chi connectivity index (χ4n) is 2.14. The minimum atomic E-state index is -0.758. The number of carbonyl (C=O) groups excluding carboxylic acids is 3. The number of hydrogen-bond donors (Lipinski definition) is 2. The van der Waals surface area contributed by atoms with Gasteiger partial charge in [0, 0.05) is 24.2 Å². The van der Waals surface area contributed by atoms with Gasteiger partial charge in [0.1, 0.15) is 0 Å². The Bertz CT molecular complexity index is 951. The predicted molar refractivity (Wildman–Crippen MR) is 107 cm³/mol. The van der Waals surface area contributed by atoms with E-state index in [4.69, 9.17) is 27.9 Å². The first-order chi connectivity index (χ1) is 13.8. The molecule has 0 saturated carbocycles. The summed E-state index contributed by atoms with van der Waals surface area (Å²) in [5.41, 5.74) is 0.317. The third kappa shape index (κ3) is 7.05. The second-order valence-electron chi connectivity index (χ2n) is 5.67. The zero-order valence-electron chi connectivity index (χ0n) is 14.8. The average molecular weight is 440 g/mol. The molecule has 2 aromatic carbocycles. The number of halogens is 2. The van der Waals surface area contributed by atoms with Gasteiger partial charge >= 0.3 is 5.97 Å². The zero-order chi connectivity index (χ0) is 21.4. The van der Waals surface area contributed by atoms with Crippen molar-refractivity contribution in [3.05, 3.63) is 62.6 Å². The lowest BCUT2D eigenvalue weighted by molar-refractivity contribution is -0.384. The number of non-ortho nitro benzene ring substituents is 1. The Hall–Kier alpha value is -3.17. The van der Waals surface area contributed by atoms with E-state index >= 15 is 0 Å². The van der Waals surface area contributed by atoms with Gasteiger partial charge in [-0.2, -0.15) is 0 Å². The van der Waals surface area contributed by atoms with E-state index in [1.165, 1.54) is 24.3 Å². The molecule has 2 rings (SSSR count). The van der Waals surface area contributed by atoms with Crippen molar-refractivity contribution in [1.29, 1.82) is 0 Å². The van der Waals surface area contributed by atoms with Crippen molar-refractivity contribution >= 4 is 58.0 Å². The van der Waals surface area contributed by atoms with Gasteiger partial charge in [-0.05, 0) is 18.2 Å². The Morgan fingerprint density at radius 2 is 1.72 bits per heavy atom. The van der Waals surface area contributed by atoms with Crippen molar-refractivity contribution in [3.8, 4) is 0 Å². The molecule has 0 heterocycles. The molecule has 2 amide bonds. The van der Waals surface area contributed by atoms with Crippen LogP contribution < -0.4 is 10.6 Å². The van der Waals surface area contributed by atoms with Crippen molar-refractivity contribution in [2.75, 3.05) is 17.2 Å². The highest BCUT2D eigenvalue weighted by molar-refractivity contribution is 6.44. The molecule has 29 heavy (non-hydrogen) atoms. The highest BCUT2D eigenvalue weighted by Crippen LogP contribution is 2.29. The molecule has 0 atom stereocenters. The van der Waals surface area contributed by atoms with Crippen LogP contribution >= 0.6 is 23.2 Å². The second kappa shape index (κ2) is 10.4. The minimum absolute atomic E-state index is 0.183. The van der Waals surface area contributed by atoms with Crippen molar-refractivity contribution in [3.63, 3.8) is 0 Å². The van der Waals surface area contributed by atoms with Crippen LogP contribution in [0.15, 0.2) is 42.5 Å². The second-order valence-corrected chi connectivity index (χ2v) is 6.45. The molecule has 0 radical (unpaired) electrons. The lowest BCUT2D eigenvalue weighted by Crippen LogP contribution is -2.21. The first-order valence-electron chi connectivity index (χ1n) is 8.20. The summed E-state index contributed by atoms with van der Waals surface area (Å²) < 4.78 is 4.79. The molecule has 2 N–H and O–H groups in total. The van der Waals surface area contributed by atoms with Crippen molar-refractivity contribution in [2.45, 2.75) is 12.8 Å². The smallest absolute Gasteiger partial charge is 0.306 e. The molecule has 0 unspecified atom stereocenters. The number of ether oxygens (including phenoxy) is 1. The maximum Gasteiger partial charge on any atom is 0.306 e. The highest BCUT2D eigenvalue weighted by Gasteiger charge is 2.13. The molecule has 0 aromatic heterocycles. The third-order valence-electron chi connectivity index (χ3n) is 3.49. The number of amides is 2. The van der Waals surface area contributed by atoms with Gasteiger partial charge in [0.15, 0.2) is 6.61 Å². The molecule has 0 aliphatic heterocycles. The van der Waals surface area contributed by atoms with E-state index in [2.05, 4.69) is 10.6 Å². The summed E-state index contributed by atoms with van der Waals surface area (Å²) in [6.45, 7) is -0.594. The molecule has 152 valence electrons. The highest BCUT2D eigenvalue weighted by atomic mass is 35.5. The van der Waals surface area contributed by atoms with Gasteiger partial charge in [0.05, 0.1) is 27.1 Å². The molecule has 0 aliphatic rings. The van der Waals surface area contributed by atoms with Crippen LogP contribution in [-0.4, -0.2) is 29.3 Å². The Morgan fingerprint density at radius 1 is 1.00 bits per heavy atom. The maximum atomic E-state index is 11.9. The summed E-state index contributed by atoms with van der Waals surface area (Å²) in [7, 11) is 0. The number of anilines is 2. The number of benzene rings is 2. The normalized spacial score (nSPS) is 10.1. The summed E-state index contributed by atoms with van der Waals surface area (Å²) in [5, 5.41) is 16.1. The monoisotopic (exact) mass is 439 g/mol. The van der Waals surface area contributed by atoms with Gasteiger partial charge in [-0.25, -0.2) is 0 Å². The number of nitrogens with one attached hydrogen (secondary N) is 2. The van der Waals surface area contributed by atoms with Gasteiger partial charge in [-0.1, -0.05) is 35.3 Å². The van der Waals surface area contributed by atoms with E-state index in [0.717, 1.165) is 0 Å². The van der Waals surface area contributed by atoms with Crippen LogP contribution in [0.5, 0.6) is 0 Å². The van der Waals surface area contributed by atoms with Crippen LogP contribution in [0.1, 0.15) is 12.8 Å². The van der Waals surface area contributed by atoms with E-state index in [0.29, 0.717) is 5.69 Å². The fraction of sp³-hybridized carbons (Fsp3) is 0.167. The Labute approximate surface area is 175 Å². The van der Waals surface area contributed by atoms with Gasteiger partial charge in [0.25, 0.3) is 11.6 Å². The summed E-state index contributed by atoms with van der Waals surface area (Å²) in [5.74, 6) is -1.91. The average Bonchev–Trinajstić information content (AvgIpc) is 2.68. The summed E-state index contributed by atoms with van der Waals surface area (Å²) >= 11 is 11.8. The Kier molecular flexibility index (Phi) is 7.93. The van der Waals surface area contributed by atoms with Crippen molar-refractivity contribution in [1.82, 2.24) is 0 Å². The van der Waals surface area contributed by atoms with Gasteiger partial charge < -0.3 is 15.4 Å². The molecule has 0 aliphatic carbocycles. The fourth-order valence-corrected chi connectivity index (χ4v) is 2.49. The van der Waals surface area contributed by atoms with Gasteiger partial charge in [0.2, 0.25) is 5.91 Å². The first-order valence-corrected chi connectivity index (χ1v) is 8.95. The number of carbonyl (C=O) groups is 3. The first kappa shape index (κ1) is 22.1. The number of nitrogens with zero attached hydrogens (tertiary/aromatic N) is 1. The topological polar surface area (TPSA) is 128 Å². The maximum absolute atomic E-state index is 11.9. The number of nitro groups is 1. The van der Waals surface area contributed by atoms with E-state index in [1.54, 1.807) is 18.2 Å². The summed E-state index contributed by atoms with van der Waals surface area (Å²) in [6, 6.07) is 10.0. The molecular formula is C18H15Cl2N3O6. The van der Waals surface area contributed by atoms with Gasteiger partial charge in [-0.15, -0.1) is 0 Å². The summed E-state index contributed by atoms with van der Waals surface area (Å²) in [4.78, 5) is 45.5. The van der Waals surface area contributed by atoms with Crippen LogP contribution in [-0.2, 0) is 19.1 Å². The molecule has 0 spiro atoms. The molecule has 9 nitrogen and oxygen atoms in total. The van der Waals surface area contributed by atoms with Crippen LogP contribution in [0.2, 0.25) is 10.0 Å². The van der Waals surface area contributed by atoms with Crippen LogP contribution in [0.25, 0.3) is 0 Å². The number of hydrogen-bond acceptors (Lipinski definition) is 6. The van der Waals surface area contributed by atoms with E-state index in [-0.39, 0.29) is 34.3 Å². The van der Waals surface area contributed by atoms with Crippen molar-refractivity contribution in [2.24, 2.45) is 0 Å².